The van der Waals surface area contributed by atoms with Crippen LogP contribution in [0.25, 0.3) is 0 Å². The summed E-state index contributed by atoms with van der Waals surface area (Å²) >= 11 is 7.44. The van der Waals surface area contributed by atoms with Gasteiger partial charge in [-0.1, -0.05) is 17.7 Å². The SMILES string of the molecule is O=C(CSc1ccc2c(c1)CCC2)Nc1ccc([N+](=O)[O-])cc1Cl. The third-order valence-corrected chi connectivity index (χ3v) is 5.18. The number of halogens is 1. The molecule has 0 aromatic heterocycles. The summed E-state index contributed by atoms with van der Waals surface area (Å²) < 4.78 is 0. The van der Waals surface area contributed by atoms with Gasteiger partial charge < -0.3 is 5.32 Å². The predicted molar refractivity (Wildman–Crippen MR) is 95.9 cm³/mol. The van der Waals surface area contributed by atoms with Crippen LogP contribution in [-0.2, 0) is 17.6 Å². The van der Waals surface area contributed by atoms with Crippen molar-refractivity contribution in [1.82, 2.24) is 0 Å². The van der Waals surface area contributed by atoms with Gasteiger partial charge >= 0.3 is 0 Å². The smallest absolute Gasteiger partial charge is 0.271 e. The van der Waals surface area contributed by atoms with E-state index in [-0.39, 0.29) is 22.4 Å². The molecule has 0 aliphatic heterocycles. The largest absolute Gasteiger partial charge is 0.324 e. The minimum atomic E-state index is -0.527. The highest BCUT2D eigenvalue weighted by atomic mass is 35.5. The van der Waals surface area contributed by atoms with Gasteiger partial charge in [0.05, 0.1) is 21.4 Å². The zero-order valence-electron chi connectivity index (χ0n) is 12.8. The Morgan fingerprint density at radius 3 is 2.75 bits per heavy atom. The Morgan fingerprint density at radius 1 is 1.21 bits per heavy atom. The highest BCUT2D eigenvalue weighted by Gasteiger charge is 2.13. The van der Waals surface area contributed by atoms with E-state index in [1.54, 1.807) is 0 Å². The topological polar surface area (TPSA) is 72.2 Å². The summed E-state index contributed by atoms with van der Waals surface area (Å²) in [5.74, 6) is 0.0581. The van der Waals surface area contributed by atoms with Crippen LogP contribution in [-0.4, -0.2) is 16.6 Å². The van der Waals surface area contributed by atoms with Crippen molar-refractivity contribution in [2.45, 2.75) is 24.2 Å². The van der Waals surface area contributed by atoms with Gasteiger partial charge in [0.15, 0.2) is 0 Å². The van der Waals surface area contributed by atoms with Gasteiger partial charge in [0.1, 0.15) is 0 Å². The average Bonchev–Trinajstić information content (AvgIpc) is 3.02. The van der Waals surface area contributed by atoms with Crippen molar-refractivity contribution in [3.8, 4) is 0 Å². The molecular formula is C17H15ClN2O3S. The van der Waals surface area contributed by atoms with Crippen molar-refractivity contribution in [2.24, 2.45) is 0 Å². The van der Waals surface area contributed by atoms with Crippen molar-refractivity contribution >= 4 is 40.6 Å². The molecule has 3 rings (SSSR count). The third kappa shape index (κ3) is 3.88. The lowest BCUT2D eigenvalue weighted by atomic mass is 10.1. The zero-order chi connectivity index (χ0) is 17.1. The molecule has 2 aromatic rings. The molecule has 5 nitrogen and oxygen atoms in total. The molecule has 124 valence electrons. The lowest BCUT2D eigenvalue weighted by Gasteiger charge is -2.08. The lowest BCUT2D eigenvalue weighted by molar-refractivity contribution is -0.384. The van der Waals surface area contributed by atoms with Crippen LogP contribution in [0.2, 0.25) is 5.02 Å². The summed E-state index contributed by atoms with van der Waals surface area (Å²) in [5.41, 5.74) is 3.05. The number of benzene rings is 2. The monoisotopic (exact) mass is 362 g/mol. The van der Waals surface area contributed by atoms with Crippen molar-refractivity contribution < 1.29 is 9.72 Å². The van der Waals surface area contributed by atoms with Crippen LogP contribution < -0.4 is 5.32 Å². The number of rotatable bonds is 5. The second kappa shape index (κ2) is 7.23. The lowest BCUT2D eigenvalue weighted by Crippen LogP contribution is -2.14. The number of nitro groups is 1. The molecule has 0 spiro atoms. The number of nitrogens with one attached hydrogen (secondary N) is 1. The molecule has 0 saturated heterocycles. The van der Waals surface area contributed by atoms with E-state index in [2.05, 4.69) is 17.4 Å². The zero-order valence-corrected chi connectivity index (χ0v) is 14.3. The summed E-state index contributed by atoms with van der Waals surface area (Å²) in [4.78, 5) is 23.3. The van der Waals surface area contributed by atoms with E-state index >= 15 is 0 Å². The Balaban J connectivity index is 1.59. The van der Waals surface area contributed by atoms with E-state index in [4.69, 9.17) is 11.6 Å². The van der Waals surface area contributed by atoms with Gasteiger partial charge in [-0.15, -0.1) is 11.8 Å². The first-order chi connectivity index (χ1) is 11.5. The number of thioether (sulfide) groups is 1. The first kappa shape index (κ1) is 16.8. The molecule has 1 N–H and O–H groups in total. The maximum Gasteiger partial charge on any atom is 0.271 e. The maximum absolute atomic E-state index is 12.1. The summed E-state index contributed by atoms with van der Waals surface area (Å²) in [7, 11) is 0. The highest BCUT2D eigenvalue weighted by molar-refractivity contribution is 8.00. The average molecular weight is 363 g/mol. The normalized spacial score (nSPS) is 12.7. The number of nitrogens with zero attached hydrogens (tertiary/aromatic N) is 1. The molecule has 1 aliphatic carbocycles. The molecule has 0 fully saturated rings. The van der Waals surface area contributed by atoms with Gasteiger partial charge in [-0.25, -0.2) is 0 Å². The van der Waals surface area contributed by atoms with Crippen LogP contribution >= 0.6 is 23.4 Å². The molecule has 0 unspecified atom stereocenters. The second-order valence-electron chi connectivity index (χ2n) is 5.54. The van der Waals surface area contributed by atoms with E-state index in [1.807, 2.05) is 6.07 Å². The van der Waals surface area contributed by atoms with E-state index in [9.17, 15) is 14.9 Å². The van der Waals surface area contributed by atoms with Crippen LogP contribution in [0.4, 0.5) is 11.4 Å². The van der Waals surface area contributed by atoms with Gasteiger partial charge in [0.25, 0.3) is 5.69 Å². The van der Waals surface area contributed by atoms with E-state index < -0.39 is 4.92 Å². The number of aryl methyl sites for hydroxylation is 2. The fourth-order valence-corrected chi connectivity index (χ4v) is 3.67. The van der Waals surface area contributed by atoms with Crippen LogP contribution in [0.1, 0.15) is 17.5 Å². The highest BCUT2D eigenvalue weighted by Crippen LogP contribution is 2.29. The molecule has 0 saturated carbocycles. The number of amides is 1. The number of hydrogen-bond donors (Lipinski definition) is 1. The van der Waals surface area contributed by atoms with Crippen LogP contribution in [0.3, 0.4) is 0 Å². The molecule has 0 heterocycles. The van der Waals surface area contributed by atoms with Crippen molar-refractivity contribution in [3.05, 3.63) is 62.7 Å². The number of carbonyl (C=O) groups excluding carboxylic acids is 1. The summed E-state index contributed by atoms with van der Waals surface area (Å²) in [6, 6.07) is 10.3. The molecule has 0 radical (unpaired) electrons. The molecule has 0 bridgehead atoms. The quantitative estimate of drug-likeness (QED) is 0.484. The minimum Gasteiger partial charge on any atom is -0.324 e. The third-order valence-electron chi connectivity index (χ3n) is 3.88. The van der Waals surface area contributed by atoms with Crippen LogP contribution in [0, 0.1) is 10.1 Å². The standard InChI is InChI=1S/C17H15ClN2O3S/c18-15-9-13(20(22)23)5-7-16(15)19-17(21)10-24-14-6-4-11-2-1-3-12(11)8-14/h4-9H,1-3,10H2,(H,19,21). The number of hydrogen-bond acceptors (Lipinski definition) is 4. The van der Waals surface area contributed by atoms with Crippen LogP contribution in [0.15, 0.2) is 41.3 Å². The second-order valence-corrected chi connectivity index (χ2v) is 7.00. The Bertz CT molecular complexity index is 810. The first-order valence-electron chi connectivity index (χ1n) is 7.51. The number of non-ortho nitro benzene ring substituents is 1. The molecule has 7 heteroatoms. The van der Waals surface area contributed by atoms with E-state index in [0.717, 1.165) is 17.7 Å². The fraction of sp³-hybridized carbons (Fsp3) is 0.235. The van der Waals surface area contributed by atoms with Crippen molar-refractivity contribution in [1.29, 1.82) is 0 Å². The number of carbonyl (C=O) groups is 1. The van der Waals surface area contributed by atoms with E-state index in [1.165, 1.54) is 47.5 Å². The maximum atomic E-state index is 12.1. The number of nitro benzene ring substituents is 1. The minimum absolute atomic E-state index is 0.106. The summed E-state index contributed by atoms with van der Waals surface area (Å²) in [6.45, 7) is 0. The number of anilines is 1. The molecule has 24 heavy (non-hydrogen) atoms. The fourth-order valence-electron chi connectivity index (χ4n) is 2.69. The Morgan fingerprint density at radius 2 is 2.00 bits per heavy atom. The molecule has 1 aliphatic rings. The first-order valence-corrected chi connectivity index (χ1v) is 8.87. The number of fused-ring (bicyclic) bond motifs is 1. The molecule has 2 aromatic carbocycles. The van der Waals surface area contributed by atoms with Crippen LogP contribution in [0.5, 0.6) is 0 Å². The molecule has 0 atom stereocenters. The van der Waals surface area contributed by atoms with Gasteiger partial charge in [-0.05, 0) is 48.6 Å². The molecule has 1 amide bonds. The van der Waals surface area contributed by atoms with Gasteiger partial charge in [-0.3, -0.25) is 14.9 Å². The van der Waals surface area contributed by atoms with Gasteiger partial charge in [0, 0.05) is 17.0 Å². The predicted octanol–water partition coefficient (Wildman–Crippen LogP) is 4.47. The van der Waals surface area contributed by atoms with Crippen molar-refractivity contribution in [2.75, 3.05) is 11.1 Å². The van der Waals surface area contributed by atoms with Gasteiger partial charge in [-0.2, -0.15) is 0 Å². The Kier molecular flexibility index (Phi) is 5.06. The van der Waals surface area contributed by atoms with E-state index in [0.29, 0.717) is 5.69 Å². The molecular weight excluding hydrogens is 348 g/mol. The van der Waals surface area contributed by atoms with Gasteiger partial charge in [0.2, 0.25) is 5.91 Å². The summed E-state index contributed by atoms with van der Waals surface area (Å²) in [5, 5.41) is 13.5. The summed E-state index contributed by atoms with van der Waals surface area (Å²) in [6.07, 6.45) is 3.44. The Labute approximate surface area is 148 Å². The van der Waals surface area contributed by atoms with Crippen molar-refractivity contribution in [3.63, 3.8) is 0 Å². The Hall–Kier alpha value is -2.05.